The van der Waals surface area contributed by atoms with Crippen LogP contribution in [-0.2, 0) is 4.79 Å². The SMILES string of the molecule is CCCNc1nc2ccccn2c(=O)c1/C=C1/SC(=S)N(CCC)C1=O. The summed E-state index contributed by atoms with van der Waals surface area (Å²) in [6, 6.07) is 5.39. The van der Waals surface area contributed by atoms with Gasteiger partial charge < -0.3 is 5.32 Å². The number of pyridine rings is 1. The van der Waals surface area contributed by atoms with E-state index in [9.17, 15) is 9.59 Å². The van der Waals surface area contributed by atoms with E-state index in [0.717, 1.165) is 12.8 Å². The van der Waals surface area contributed by atoms with Crippen molar-refractivity contribution in [3.8, 4) is 0 Å². The lowest BCUT2D eigenvalue weighted by atomic mass is 10.2. The molecular formula is C18H20N4O2S2. The molecule has 1 aliphatic rings. The molecule has 0 aliphatic carbocycles. The van der Waals surface area contributed by atoms with E-state index in [-0.39, 0.29) is 11.5 Å². The molecule has 8 heteroatoms. The van der Waals surface area contributed by atoms with Gasteiger partial charge in [0.2, 0.25) is 0 Å². The Kier molecular flexibility index (Phi) is 5.73. The van der Waals surface area contributed by atoms with E-state index in [1.165, 1.54) is 16.2 Å². The molecule has 0 spiro atoms. The van der Waals surface area contributed by atoms with Crippen molar-refractivity contribution >= 4 is 51.7 Å². The van der Waals surface area contributed by atoms with Gasteiger partial charge in [0.05, 0.1) is 10.5 Å². The average molecular weight is 389 g/mol. The summed E-state index contributed by atoms with van der Waals surface area (Å²) in [5.74, 6) is 0.338. The van der Waals surface area contributed by atoms with Crippen molar-refractivity contribution in [3.63, 3.8) is 0 Å². The first-order valence-electron chi connectivity index (χ1n) is 8.57. The number of anilines is 1. The van der Waals surface area contributed by atoms with Crippen LogP contribution in [0.2, 0.25) is 0 Å². The first kappa shape index (κ1) is 18.6. The molecule has 0 unspecified atom stereocenters. The molecule has 1 N–H and O–H groups in total. The molecule has 1 aliphatic heterocycles. The topological polar surface area (TPSA) is 66.7 Å². The van der Waals surface area contributed by atoms with Crippen molar-refractivity contribution in [3.05, 3.63) is 45.2 Å². The number of fused-ring (bicyclic) bond motifs is 1. The third-order valence-electron chi connectivity index (χ3n) is 3.91. The fourth-order valence-electron chi connectivity index (χ4n) is 2.66. The summed E-state index contributed by atoms with van der Waals surface area (Å²) in [4.78, 5) is 32.2. The highest BCUT2D eigenvalue weighted by atomic mass is 32.2. The van der Waals surface area contributed by atoms with E-state index in [1.807, 2.05) is 19.9 Å². The molecule has 1 saturated heterocycles. The zero-order valence-electron chi connectivity index (χ0n) is 14.7. The predicted molar refractivity (Wildman–Crippen MR) is 110 cm³/mol. The number of nitrogens with zero attached hydrogens (tertiary/aromatic N) is 3. The Morgan fingerprint density at radius 3 is 2.81 bits per heavy atom. The standard InChI is InChI=1S/C18H20N4O2S2/c1-3-8-19-15-12(16(23)21-10-6-5-7-14(21)20-15)11-13-17(24)22(9-4-2)18(25)26-13/h5-7,10-11,19H,3-4,8-9H2,1-2H3/b13-11+. The Labute approximate surface area is 161 Å². The minimum Gasteiger partial charge on any atom is -0.369 e. The molecule has 2 aromatic heterocycles. The summed E-state index contributed by atoms with van der Waals surface area (Å²) in [7, 11) is 0. The zero-order valence-corrected chi connectivity index (χ0v) is 16.3. The Hall–Kier alpha value is -2.19. The van der Waals surface area contributed by atoms with Crippen molar-refractivity contribution in [2.75, 3.05) is 18.4 Å². The van der Waals surface area contributed by atoms with Crippen molar-refractivity contribution in [1.29, 1.82) is 0 Å². The van der Waals surface area contributed by atoms with Crippen LogP contribution in [0.4, 0.5) is 5.82 Å². The number of thioether (sulfide) groups is 1. The Morgan fingerprint density at radius 2 is 2.08 bits per heavy atom. The van der Waals surface area contributed by atoms with E-state index < -0.39 is 0 Å². The summed E-state index contributed by atoms with van der Waals surface area (Å²) in [5, 5.41) is 3.20. The first-order valence-corrected chi connectivity index (χ1v) is 9.80. The van der Waals surface area contributed by atoms with Crippen LogP contribution in [0.3, 0.4) is 0 Å². The number of hydrogen-bond donors (Lipinski definition) is 1. The normalized spacial score (nSPS) is 16.1. The molecule has 26 heavy (non-hydrogen) atoms. The van der Waals surface area contributed by atoms with E-state index in [4.69, 9.17) is 12.2 Å². The Bertz CT molecular complexity index is 952. The molecule has 136 valence electrons. The van der Waals surface area contributed by atoms with Crippen LogP contribution in [0.1, 0.15) is 32.3 Å². The lowest BCUT2D eigenvalue weighted by Gasteiger charge is -2.12. The quantitative estimate of drug-likeness (QED) is 0.606. The molecule has 0 atom stereocenters. The molecular weight excluding hydrogens is 368 g/mol. The second-order valence-electron chi connectivity index (χ2n) is 5.87. The van der Waals surface area contributed by atoms with E-state index in [2.05, 4.69) is 10.3 Å². The van der Waals surface area contributed by atoms with Gasteiger partial charge in [-0.05, 0) is 31.1 Å². The lowest BCUT2D eigenvalue weighted by Crippen LogP contribution is -2.28. The van der Waals surface area contributed by atoms with Crippen molar-refractivity contribution in [1.82, 2.24) is 14.3 Å². The maximum absolute atomic E-state index is 13.0. The van der Waals surface area contributed by atoms with Gasteiger partial charge in [-0.25, -0.2) is 4.98 Å². The smallest absolute Gasteiger partial charge is 0.267 e. The van der Waals surface area contributed by atoms with Gasteiger partial charge in [0.25, 0.3) is 11.5 Å². The summed E-state index contributed by atoms with van der Waals surface area (Å²) < 4.78 is 2.01. The Morgan fingerprint density at radius 1 is 1.27 bits per heavy atom. The third kappa shape index (κ3) is 3.52. The number of carbonyl (C=O) groups excluding carboxylic acids is 1. The fourth-order valence-corrected chi connectivity index (χ4v) is 3.95. The molecule has 3 rings (SSSR count). The molecule has 2 aromatic rings. The maximum atomic E-state index is 13.0. The minimum absolute atomic E-state index is 0.152. The molecule has 0 saturated carbocycles. The second-order valence-corrected chi connectivity index (χ2v) is 7.54. The number of thiocarbonyl (C=S) groups is 1. The van der Waals surface area contributed by atoms with Crippen LogP contribution in [0, 0.1) is 0 Å². The van der Waals surface area contributed by atoms with Crippen LogP contribution < -0.4 is 10.9 Å². The highest BCUT2D eigenvalue weighted by Gasteiger charge is 2.31. The molecule has 0 radical (unpaired) electrons. The van der Waals surface area contributed by atoms with Crippen molar-refractivity contribution < 1.29 is 4.79 Å². The zero-order chi connectivity index (χ0) is 18.7. The van der Waals surface area contributed by atoms with Crippen LogP contribution >= 0.6 is 24.0 Å². The second kappa shape index (κ2) is 8.01. The number of aromatic nitrogens is 2. The summed E-state index contributed by atoms with van der Waals surface area (Å²) in [5.41, 5.74) is 0.723. The number of rotatable bonds is 6. The van der Waals surface area contributed by atoms with Gasteiger partial charge in [-0.3, -0.25) is 18.9 Å². The predicted octanol–water partition coefficient (Wildman–Crippen LogP) is 3.13. The average Bonchev–Trinajstić information content (AvgIpc) is 2.90. The highest BCUT2D eigenvalue weighted by molar-refractivity contribution is 8.26. The lowest BCUT2D eigenvalue weighted by molar-refractivity contribution is -0.122. The van der Waals surface area contributed by atoms with Gasteiger partial charge in [0, 0.05) is 19.3 Å². The van der Waals surface area contributed by atoms with Gasteiger partial charge in [0.15, 0.2) is 0 Å². The maximum Gasteiger partial charge on any atom is 0.267 e. The van der Waals surface area contributed by atoms with E-state index >= 15 is 0 Å². The van der Waals surface area contributed by atoms with Crippen molar-refractivity contribution in [2.24, 2.45) is 0 Å². The third-order valence-corrected chi connectivity index (χ3v) is 5.29. The summed E-state index contributed by atoms with van der Waals surface area (Å²) >= 11 is 6.53. The number of hydrogen-bond acceptors (Lipinski definition) is 6. The minimum atomic E-state index is -0.213. The molecule has 0 aromatic carbocycles. The number of nitrogens with one attached hydrogen (secondary N) is 1. The van der Waals surface area contributed by atoms with E-state index in [0.29, 0.717) is 39.3 Å². The van der Waals surface area contributed by atoms with Gasteiger partial charge in [0.1, 0.15) is 15.8 Å². The number of amides is 1. The molecule has 3 heterocycles. The summed E-state index contributed by atoms with van der Waals surface area (Å²) in [6.45, 7) is 5.30. The monoisotopic (exact) mass is 388 g/mol. The Balaban J connectivity index is 2.11. The van der Waals surface area contributed by atoms with Gasteiger partial charge in [-0.15, -0.1) is 0 Å². The van der Waals surface area contributed by atoms with Crippen LogP contribution in [-0.4, -0.2) is 37.6 Å². The number of carbonyl (C=O) groups is 1. The molecule has 6 nitrogen and oxygen atoms in total. The largest absolute Gasteiger partial charge is 0.369 e. The first-order chi connectivity index (χ1) is 12.6. The van der Waals surface area contributed by atoms with Gasteiger partial charge >= 0.3 is 0 Å². The van der Waals surface area contributed by atoms with Crippen LogP contribution in [0.15, 0.2) is 34.1 Å². The summed E-state index contributed by atoms with van der Waals surface area (Å²) in [6.07, 6.45) is 5.01. The fraction of sp³-hybridized carbons (Fsp3) is 0.333. The highest BCUT2D eigenvalue weighted by Crippen LogP contribution is 2.33. The van der Waals surface area contributed by atoms with Crippen molar-refractivity contribution in [2.45, 2.75) is 26.7 Å². The van der Waals surface area contributed by atoms with E-state index in [1.54, 1.807) is 29.3 Å². The van der Waals surface area contributed by atoms with Crippen LogP contribution in [0.25, 0.3) is 11.7 Å². The van der Waals surface area contributed by atoms with Gasteiger partial charge in [-0.1, -0.05) is 43.9 Å². The van der Waals surface area contributed by atoms with Gasteiger partial charge in [-0.2, -0.15) is 0 Å². The van der Waals surface area contributed by atoms with Crippen LogP contribution in [0.5, 0.6) is 0 Å². The molecule has 1 fully saturated rings. The molecule has 0 bridgehead atoms. The molecule has 1 amide bonds.